The van der Waals surface area contributed by atoms with E-state index in [2.05, 4.69) is 16.9 Å². The summed E-state index contributed by atoms with van der Waals surface area (Å²) in [6, 6.07) is 5.65. The number of aromatic nitrogens is 2. The molecule has 4 nitrogen and oxygen atoms in total. The molecule has 1 saturated carbocycles. The standard InChI is InChI=1S/C19H26N2O2/c1-3-23-15-9-10-16-18(12-15)21-19(22)17(20-16)8-6-4-5-7-14-11-13(14)2/h9-10,12-14H,3-8,11H2,1-2H3,(H,21,22)/t13?,14-/m1/s1. The van der Waals surface area contributed by atoms with Crippen molar-refractivity contribution in [1.82, 2.24) is 9.97 Å². The number of nitrogens with one attached hydrogen (secondary N) is 1. The van der Waals surface area contributed by atoms with Crippen molar-refractivity contribution in [2.75, 3.05) is 6.61 Å². The van der Waals surface area contributed by atoms with Crippen molar-refractivity contribution in [2.24, 2.45) is 11.8 Å². The molecule has 1 heterocycles. The zero-order valence-electron chi connectivity index (χ0n) is 14.1. The number of hydrogen-bond acceptors (Lipinski definition) is 3. The van der Waals surface area contributed by atoms with Crippen LogP contribution >= 0.6 is 0 Å². The Labute approximate surface area is 137 Å². The molecule has 124 valence electrons. The van der Waals surface area contributed by atoms with Crippen LogP contribution in [0.5, 0.6) is 5.75 Å². The number of H-pyrrole nitrogens is 1. The van der Waals surface area contributed by atoms with Gasteiger partial charge in [-0.3, -0.25) is 4.79 Å². The van der Waals surface area contributed by atoms with E-state index < -0.39 is 0 Å². The maximum atomic E-state index is 12.2. The fraction of sp³-hybridized carbons (Fsp3) is 0.579. The van der Waals surface area contributed by atoms with Gasteiger partial charge in [-0.25, -0.2) is 4.98 Å². The lowest BCUT2D eigenvalue weighted by Gasteiger charge is -2.06. The number of rotatable bonds is 8. The molecule has 0 radical (unpaired) electrons. The van der Waals surface area contributed by atoms with Crippen LogP contribution in [0, 0.1) is 11.8 Å². The number of ether oxygens (including phenoxy) is 1. The molecule has 0 amide bonds. The van der Waals surface area contributed by atoms with Gasteiger partial charge in [0.05, 0.1) is 17.6 Å². The average molecular weight is 314 g/mol. The number of aryl methyl sites for hydroxylation is 1. The van der Waals surface area contributed by atoms with Crippen molar-refractivity contribution < 1.29 is 4.74 Å². The van der Waals surface area contributed by atoms with Crippen LogP contribution in [0.1, 0.15) is 51.6 Å². The summed E-state index contributed by atoms with van der Waals surface area (Å²) in [6.45, 7) is 4.89. The van der Waals surface area contributed by atoms with E-state index in [1.54, 1.807) is 0 Å². The van der Waals surface area contributed by atoms with Crippen LogP contribution in [0.2, 0.25) is 0 Å². The Hall–Kier alpha value is -1.84. The summed E-state index contributed by atoms with van der Waals surface area (Å²) in [5.74, 6) is 2.68. The predicted octanol–water partition coefficient (Wildman–Crippen LogP) is 4.08. The number of aromatic amines is 1. The van der Waals surface area contributed by atoms with E-state index in [1.807, 2.05) is 25.1 Å². The third-order valence-electron chi connectivity index (χ3n) is 4.81. The molecular formula is C19H26N2O2. The van der Waals surface area contributed by atoms with Crippen LogP contribution < -0.4 is 10.3 Å². The first-order chi connectivity index (χ1) is 11.2. The highest BCUT2D eigenvalue weighted by atomic mass is 16.5. The molecule has 2 atom stereocenters. The topological polar surface area (TPSA) is 55.0 Å². The second-order valence-electron chi connectivity index (χ2n) is 6.70. The maximum Gasteiger partial charge on any atom is 0.270 e. The second kappa shape index (κ2) is 7.16. The zero-order valence-corrected chi connectivity index (χ0v) is 14.1. The first-order valence-electron chi connectivity index (χ1n) is 8.83. The molecule has 1 aliphatic carbocycles. The molecule has 1 unspecified atom stereocenters. The van der Waals surface area contributed by atoms with E-state index in [4.69, 9.17) is 4.74 Å². The van der Waals surface area contributed by atoms with E-state index >= 15 is 0 Å². The molecule has 0 aliphatic heterocycles. The lowest BCUT2D eigenvalue weighted by atomic mass is 10.1. The van der Waals surface area contributed by atoms with E-state index in [-0.39, 0.29) is 5.56 Å². The summed E-state index contributed by atoms with van der Waals surface area (Å²) in [5.41, 5.74) is 2.16. The minimum Gasteiger partial charge on any atom is -0.494 e. The summed E-state index contributed by atoms with van der Waals surface area (Å²) in [7, 11) is 0. The molecule has 1 aromatic carbocycles. The third kappa shape index (κ3) is 4.12. The lowest BCUT2D eigenvalue weighted by molar-refractivity contribution is 0.340. The molecule has 0 bridgehead atoms. The van der Waals surface area contributed by atoms with Gasteiger partial charge in [0.1, 0.15) is 11.4 Å². The molecule has 1 aliphatic rings. The van der Waals surface area contributed by atoms with Crippen LogP contribution in [-0.2, 0) is 6.42 Å². The molecule has 3 rings (SSSR count). The largest absolute Gasteiger partial charge is 0.494 e. The van der Waals surface area contributed by atoms with E-state index in [1.165, 1.54) is 25.7 Å². The molecule has 1 N–H and O–H groups in total. The van der Waals surface area contributed by atoms with Gasteiger partial charge >= 0.3 is 0 Å². The zero-order chi connectivity index (χ0) is 16.2. The van der Waals surface area contributed by atoms with Crippen LogP contribution in [0.4, 0.5) is 0 Å². The Kier molecular flexibility index (Phi) is 4.99. The molecule has 4 heteroatoms. The number of nitrogens with zero attached hydrogens (tertiary/aromatic N) is 1. The van der Waals surface area contributed by atoms with Gasteiger partial charge in [0.25, 0.3) is 5.56 Å². The Balaban J connectivity index is 1.58. The van der Waals surface area contributed by atoms with Crippen LogP contribution in [0.15, 0.2) is 23.0 Å². The van der Waals surface area contributed by atoms with Gasteiger partial charge in [-0.2, -0.15) is 0 Å². The molecule has 23 heavy (non-hydrogen) atoms. The molecule has 1 aromatic heterocycles. The lowest BCUT2D eigenvalue weighted by Crippen LogP contribution is -2.15. The fourth-order valence-electron chi connectivity index (χ4n) is 3.21. The Morgan fingerprint density at radius 1 is 1.30 bits per heavy atom. The number of hydrogen-bond donors (Lipinski definition) is 1. The number of fused-ring (bicyclic) bond motifs is 1. The van der Waals surface area contributed by atoms with Crippen molar-refractivity contribution in [1.29, 1.82) is 0 Å². The van der Waals surface area contributed by atoms with Crippen molar-refractivity contribution in [3.05, 3.63) is 34.2 Å². The average Bonchev–Trinajstić information content (AvgIpc) is 3.23. The van der Waals surface area contributed by atoms with Crippen LogP contribution in [0.3, 0.4) is 0 Å². The van der Waals surface area contributed by atoms with Crippen molar-refractivity contribution in [3.8, 4) is 5.75 Å². The summed E-state index contributed by atoms with van der Waals surface area (Å²) in [5, 5.41) is 0. The smallest absolute Gasteiger partial charge is 0.270 e. The second-order valence-corrected chi connectivity index (χ2v) is 6.70. The normalized spacial score (nSPS) is 19.9. The predicted molar refractivity (Wildman–Crippen MR) is 93.0 cm³/mol. The van der Waals surface area contributed by atoms with Gasteiger partial charge in [0, 0.05) is 6.07 Å². The van der Waals surface area contributed by atoms with E-state index in [9.17, 15) is 4.79 Å². The first kappa shape index (κ1) is 16.0. The fourth-order valence-corrected chi connectivity index (χ4v) is 3.21. The van der Waals surface area contributed by atoms with Gasteiger partial charge in [-0.05, 0) is 50.2 Å². The molecule has 0 saturated heterocycles. The van der Waals surface area contributed by atoms with E-state index in [0.717, 1.165) is 41.5 Å². The van der Waals surface area contributed by atoms with Gasteiger partial charge in [0.15, 0.2) is 0 Å². The Bertz CT molecular complexity index is 723. The maximum absolute atomic E-state index is 12.2. The molecule has 0 spiro atoms. The van der Waals surface area contributed by atoms with Gasteiger partial charge in [0.2, 0.25) is 0 Å². The highest BCUT2D eigenvalue weighted by Crippen LogP contribution is 2.41. The monoisotopic (exact) mass is 314 g/mol. The van der Waals surface area contributed by atoms with Gasteiger partial charge in [-0.15, -0.1) is 0 Å². The Morgan fingerprint density at radius 3 is 2.87 bits per heavy atom. The molecule has 2 aromatic rings. The van der Waals surface area contributed by atoms with E-state index in [0.29, 0.717) is 12.3 Å². The van der Waals surface area contributed by atoms with Gasteiger partial charge in [-0.1, -0.05) is 26.2 Å². The SMILES string of the molecule is CCOc1ccc2nc(CCCCC[C@@H]3CC3C)c(=O)[nH]c2c1. The first-order valence-corrected chi connectivity index (χ1v) is 8.83. The number of benzene rings is 1. The quantitative estimate of drug-likeness (QED) is 0.747. The van der Waals surface area contributed by atoms with Crippen molar-refractivity contribution >= 4 is 11.0 Å². The van der Waals surface area contributed by atoms with Gasteiger partial charge < -0.3 is 9.72 Å². The third-order valence-corrected chi connectivity index (χ3v) is 4.81. The number of unbranched alkanes of at least 4 members (excludes halogenated alkanes) is 2. The van der Waals surface area contributed by atoms with Crippen molar-refractivity contribution in [2.45, 2.75) is 52.4 Å². The Morgan fingerprint density at radius 2 is 2.13 bits per heavy atom. The minimum atomic E-state index is -0.0676. The summed E-state index contributed by atoms with van der Waals surface area (Å²) < 4.78 is 5.46. The summed E-state index contributed by atoms with van der Waals surface area (Å²) >= 11 is 0. The van der Waals surface area contributed by atoms with Crippen LogP contribution in [0.25, 0.3) is 11.0 Å². The summed E-state index contributed by atoms with van der Waals surface area (Å²) in [4.78, 5) is 19.6. The minimum absolute atomic E-state index is 0.0676. The van der Waals surface area contributed by atoms with Crippen molar-refractivity contribution in [3.63, 3.8) is 0 Å². The summed E-state index contributed by atoms with van der Waals surface area (Å²) in [6.07, 6.45) is 7.03. The van der Waals surface area contributed by atoms with Crippen LogP contribution in [-0.4, -0.2) is 16.6 Å². The molecular weight excluding hydrogens is 288 g/mol. The highest BCUT2D eigenvalue weighted by molar-refractivity contribution is 5.75. The highest BCUT2D eigenvalue weighted by Gasteiger charge is 2.31. The molecule has 1 fully saturated rings.